The van der Waals surface area contributed by atoms with Crippen LogP contribution in [0.4, 0.5) is 18.9 Å². The molecular formula is C32H31ClF3N5O4. The Morgan fingerprint density at radius 1 is 1.09 bits per heavy atom. The Labute approximate surface area is 262 Å². The molecule has 2 aromatic carbocycles. The zero-order chi connectivity index (χ0) is 31.7. The third kappa shape index (κ3) is 6.60. The van der Waals surface area contributed by atoms with Crippen molar-refractivity contribution in [2.75, 3.05) is 31.1 Å². The molecule has 1 aromatic heterocycles. The van der Waals surface area contributed by atoms with Crippen molar-refractivity contribution in [2.45, 2.75) is 50.0 Å². The van der Waals surface area contributed by atoms with Crippen LogP contribution >= 0.6 is 11.6 Å². The van der Waals surface area contributed by atoms with Gasteiger partial charge in [-0.05, 0) is 66.8 Å². The molecule has 0 spiro atoms. The number of amides is 2. The first-order valence-electron chi connectivity index (χ1n) is 14.7. The summed E-state index contributed by atoms with van der Waals surface area (Å²) in [5, 5.41) is 13.6. The summed E-state index contributed by atoms with van der Waals surface area (Å²) in [6, 6.07) is 7.40. The van der Waals surface area contributed by atoms with E-state index in [1.54, 1.807) is 0 Å². The molecule has 3 aromatic rings. The highest BCUT2D eigenvalue weighted by molar-refractivity contribution is 6.30. The lowest BCUT2D eigenvalue weighted by Crippen LogP contribution is -2.52. The average Bonchev–Trinajstić information content (AvgIpc) is 3.35. The van der Waals surface area contributed by atoms with Crippen molar-refractivity contribution < 1.29 is 32.6 Å². The molecule has 2 N–H and O–H groups in total. The molecule has 0 saturated carbocycles. The number of carbonyl (C=O) groups excluding carboxylic acids is 2. The molecule has 9 nitrogen and oxygen atoms in total. The van der Waals surface area contributed by atoms with Gasteiger partial charge >= 0.3 is 0 Å². The van der Waals surface area contributed by atoms with E-state index in [4.69, 9.17) is 16.3 Å². The van der Waals surface area contributed by atoms with E-state index in [-0.39, 0.29) is 36.1 Å². The molecule has 6 rings (SSSR count). The van der Waals surface area contributed by atoms with Crippen LogP contribution in [0.15, 0.2) is 54.9 Å². The predicted molar refractivity (Wildman–Crippen MR) is 159 cm³/mol. The van der Waals surface area contributed by atoms with E-state index in [0.29, 0.717) is 43.1 Å². The fourth-order valence-electron chi connectivity index (χ4n) is 6.08. The van der Waals surface area contributed by atoms with Gasteiger partial charge in [-0.25, -0.2) is 23.1 Å². The number of anilines is 1. The van der Waals surface area contributed by atoms with Crippen molar-refractivity contribution in [3.8, 4) is 0 Å². The van der Waals surface area contributed by atoms with Crippen molar-refractivity contribution >= 4 is 34.7 Å². The summed E-state index contributed by atoms with van der Waals surface area (Å²) in [5.41, 5.74) is -0.326. The standard InChI is InChI=1S/C32H31ClF3N5O4/c33-21-11-19(12-23(35)13-21)15-39-30(42)32(44)7-10-41(31(32)43)25-16-37-29(38-17-25)20-5-8-40(9-6-20)24-2-4-28(45-18-24)26-14-22(34)1-3-27(26)36/h1,3,5,11-14,16-17,24,28,44H,2,4,6-10,15,18H2,(H,39,42)/t24-,28+,32+/m1/s1. The molecular weight excluding hydrogens is 611 g/mol. The van der Waals surface area contributed by atoms with E-state index in [0.717, 1.165) is 36.7 Å². The van der Waals surface area contributed by atoms with E-state index in [2.05, 4.69) is 20.2 Å². The Morgan fingerprint density at radius 3 is 2.58 bits per heavy atom. The number of ether oxygens (including phenoxy) is 1. The van der Waals surface area contributed by atoms with Gasteiger partial charge in [-0.15, -0.1) is 0 Å². The maximum Gasteiger partial charge on any atom is 0.268 e. The monoisotopic (exact) mass is 641 g/mol. The molecule has 2 saturated heterocycles. The van der Waals surface area contributed by atoms with Gasteiger partial charge in [-0.2, -0.15) is 0 Å². The second kappa shape index (κ2) is 12.9. The van der Waals surface area contributed by atoms with Crippen LogP contribution in [0.3, 0.4) is 0 Å². The quantitative estimate of drug-likeness (QED) is 0.370. The zero-order valence-electron chi connectivity index (χ0n) is 24.2. The lowest BCUT2D eigenvalue weighted by atomic mass is 9.96. The van der Waals surface area contributed by atoms with Gasteiger partial charge in [0.2, 0.25) is 5.60 Å². The van der Waals surface area contributed by atoms with Crippen LogP contribution in [-0.4, -0.2) is 69.7 Å². The normalized spacial score (nSPS) is 24.1. The zero-order valence-corrected chi connectivity index (χ0v) is 24.9. The molecule has 236 valence electrons. The van der Waals surface area contributed by atoms with E-state index in [1.165, 1.54) is 35.5 Å². The highest BCUT2D eigenvalue weighted by Crippen LogP contribution is 2.33. The maximum absolute atomic E-state index is 14.2. The minimum Gasteiger partial charge on any atom is -0.372 e. The van der Waals surface area contributed by atoms with E-state index < -0.39 is 41.0 Å². The molecule has 0 unspecified atom stereocenters. The van der Waals surface area contributed by atoms with E-state index >= 15 is 0 Å². The summed E-state index contributed by atoms with van der Waals surface area (Å²) >= 11 is 5.86. The van der Waals surface area contributed by atoms with Crippen LogP contribution in [0.2, 0.25) is 5.02 Å². The fraction of sp³-hybridized carbons (Fsp3) is 0.375. The highest BCUT2D eigenvalue weighted by Gasteiger charge is 2.51. The van der Waals surface area contributed by atoms with Crippen LogP contribution in [0.25, 0.3) is 5.57 Å². The molecule has 4 heterocycles. The second-order valence-electron chi connectivity index (χ2n) is 11.5. The summed E-state index contributed by atoms with van der Waals surface area (Å²) in [6.45, 7) is 1.80. The van der Waals surface area contributed by atoms with Crippen molar-refractivity contribution in [3.63, 3.8) is 0 Å². The summed E-state index contributed by atoms with van der Waals surface area (Å²) in [4.78, 5) is 38.4. The third-order valence-electron chi connectivity index (χ3n) is 8.60. The summed E-state index contributed by atoms with van der Waals surface area (Å²) in [6.07, 6.45) is 6.52. The number of benzene rings is 2. The molecule has 0 radical (unpaired) electrons. The molecule has 0 bridgehead atoms. The highest BCUT2D eigenvalue weighted by atomic mass is 35.5. The molecule has 2 amide bonds. The van der Waals surface area contributed by atoms with Gasteiger partial charge in [0.05, 0.1) is 30.8 Å². The number of aliphatic hydroxyl groups is 1. The van der Waals surface area contributed by atoms with Crippen LogP contribution in [0.5, 0.6) is 0 Å². The first-order chi connectivity index (χ1) is 21.6. The fourth-order valence-corrected chi connectivity index (χ4v) is 6.33. The molecule has 13 heteroatoms. The van der Waals surface area contributed by atoms with Gasteiger partial charge in [-0.1, -0.05) is 17.7 Å². The Morgan fingerprint density at radius 2 is 1.89 bits per heavy atom. The van der Waals surface area contributed by atoms with Crippen molar-refractivity contribution in [1.82, 2.24) is 20.2 Å². The van der Waals surface area contributed by atoms with Crippen LogP contribution < -0.4 is 10.2 Å². The number of hydrogen-bond donors (Lipinski definition) is 2. The van der Waals surface area contributed by atoms with Crippen molar-refractivity contribution in [3.05, 3.63) is 94.3 Å². The smallest absolute Gasteiger partial charge is 0.268 e. The van der Waals surface area contributed by atoms with Crippen molar-refractivity contribution in [2.24, 2.45) is 0 Å². The average molecular weight is 642 g/mol. The lowest BCUT2D eigenvalue weighted by Gasteiger charge is -2.38. The van der Waals surface area contributed by atoms with Gasteiger partial charge in [-0.3, -0.25) is 14.5 Å². The van der Waals surface area contributed by atoms with Gasteiger partial charge in [0.1, 0.15) is 17.5 Å². The molecule has 3 aliphatic rings. The largest absolute Gasteiger partial charge is 0.372 e. The maximum atomic E-state index is 14.2. The second-order valence-corrected chi connectivity index (χ2v) is 11.9. The van der Waals surface area contributed by atoms with Crippen LogP contribution in [-0.2, 0) is 20.9 Å². The topological polar surface area (TPSA) is 108 Å². The predicted octanol–water partition coefficient (Wildman–Crippen LogP) is 4.34. The molecule has 3 aliphatic heterocycles. The molecule has 2 fully saturated rings. The number of nitrogens with one attached hydrogen (secondary N) is 1. The van der Waals surface area contributed by atoms with Gasteiger partial charge in [0.15, 0.2) is 5.82 Å². The first-order valence-corrected chi connectivity index (χ1v) is 15.1. The minimum atomic E-state index is -2.28. The SMILES string of the molecule is O=C(NCc1cc(F)cc(Cl)c1)[C@@]1(O)CCN(c2cnc(C3=CCN([C@@H]4CC[C@@H](c5cc(F)ccc5F)OC4)CC3)nc2)C1=O. The number of aromatic nitrogens is 2. The number of rotatable bonds is 7. The summed E-state index contributed by atoms with van der Waals surface area (Å²) < 4.78 is 47.3. The Hall–Kier alpha value is -3.84. The molecule has 3 atom stereocenters. The Kier molecular flexibility index (Phi) is 8.91. The number of carbonyl (C=O) groups is 2. The van der Waals surface area contributed by atoms with Gasteiger partial charge in [0, 0.05) is 49.2 Å². The Balaban J connectivity index is 1.02. The summed E-state index contributed by atoms with van der Waals surface area (Å²) in [5.74, 6) is -2.66. The first kappa shape index (κ1) is 31.2. The number of hydrogen-bond acceptors (Lipinski definition) is 7. The number of nitrogens with zero attached hydrogens (tertiary/aromatic N) is 4. The van der Waals surface area contributed by atoms with E-state index in [1.807, 2.05) is 6.08 Å². The number of halogens is 4. The lowest BCUT2D eigenvalue weighted by molar-refractivity contribution is -0.149. The van der Waals surface area contributed by atoms with E-state index in [9.17, 15) is 27.9 Å². The van der Waals surface area contributed by atoms with Crippen molar-refractivity contribution in [1.29, 1.82) is 0 Å². The molecule has 0 aliphatic carbocycles. The summed E-state index contributed by atoms with van der Waals surface area (Å²) in [7, 11) is 0. The van der Waals surface area contributed by atoms with Crippen LogP contribution in [0.1, 0.15) is 48.7 Å². The minimum absolute atomic E-state index is 0.0884. The molecule has 45 heavy (non-hydrogen) atoms. The third-order valence-corrected chi connectivity index (χ3v) is 8.82. The van der Waals surface area contributed by atoms with Gasteiger partial charge < -0.3 is 20.1 Å². The Bertz CT molecular complexity index is 1610. The van der Waals surface area contributed by atoms with Gasteiger partial charge in [0.25, 0.3) is 11.8 Å². The van der Waals surface area contributed by atoms with Crippen LogP contribution in [0, 0.1) is 17.5 Å².